The number of ether oxygens (including phenoxy) is 3. The second-order valence-corrected chi connectivity index (χ2v) is 13.1. The number of methoxy groups -OCH3 is 2. The Morgan fingerprint density at radius 3 is 2.00 bits per heavy atom. The van der Waals surface area contributed by atoms with E-state index in [9.17, 15) is 23.1 Å². The number of sulfonamides is 1. The molecule has 0 radical (unpaired) electrons. The number of halogens is 1. The van der Waals surface area contributed by atoms with Gasteiger partial charge >= 0.3 is 5.97 Å². The van der Waals surface area contributed by atoms with Gasteiger partial charge in [0, 0.05) is 26.2 Å². The van der Waals surface area contributed by atoms with Crippen LogP contribution >= 0.6 is 11.6 Å². The van der Waals surface area contributed by atoms with E-state index < -0.39 is 31.9 Å². The van der Waals surface area contributed by atoms with E-state index >= 15 is 0 Å². The summed E-state index contributed by atoms with van der Waals surface area (Å²) >= 11 is 6.21. The number of carboxylic acids is 1. The summed E-state index contributed by atoms with van der Waals surface area (Å²) in [6.07, 6.45) is 0.742. The third-order valence-corrected chi connectivity index (χ3v) is 10.3. The Labute approximate surface area is 253 Å². The molecule has 1 fully saturated rings. The summed E-state index contributed by atoms with van der Waals surface area (Å²) in [7, 11) is 0.589. The number of aromatic carboxylic acids is 1. The van der Waals surface area contributed by atoms with Gasteiger partial charge in [-0.05, 0) is 54.3 Å². The largest absolute Gasteiger partial charge is 0.497 e. The van der Waals surface area contributed by atoms with Crippen LogP contribution in [0, 0.1) is 0 Å². The summed E-state index contributed by atoms with van der Waals surface area (Å²) in [5.41, 5.74) is 0.685. The highest BCUT2D eigenvalue weighted by molar-refractivity contribution is 7.90. The fraction of sp³-hybridized carbons (Fsp3) is 0.300. The fourth-order valence-electron chi connectivity index (χ4n) is 4.88. The third kappa shape index (κ3) is 6.03. The minimum Gasteiger partial charge on any atom is -0.497 e. The van der Waals surface area contributed by atoms with Gasteiger partial charge in [0.1, 0.15) is 44.8 Å². The Kier molecular flexibility index (Phi) is 8.37. The van der Waals surface area contributed by atoms with Gasteiger partial charge in [-0.15, -0.1) is 0 Å². The maximum absolute atomic E-state index is 14.3. The van der Waals surface area contributed by atoms with Gasteiger partial charge in [-0.25, -0.2) is 18.2 Å². The van der Waals surface area contributed by atoms with Gasteiger partial charge in [0.2, 0.25) is 10.0 Å². The number of carbonyl (C=O) groups is 1. The summed E-state index contributed by atoms with van der Waals surface area (Å²) < 4.78 is 46.5. The number of hydrogen-bond acceptors (Lipinski definition) is 8. The molecule has 13 heteroatoms. The van der Waals surface area contributed by atoms with Crippen LogP contribution in [0.3, 0.4) is 0 Å². The van der Waals surface area contributed by atoms with Gasteiger partial charge in [0.05, 0.1) is 19.7 Å². The van der Waals surface area contributed by atoms with Crippen LogP contribution in [-0.4, -0.2) is 58.9 Å². The van der Waals surface area contributed by atoms with E-state index in [2.05, 4.69) is 4.98 Å². The molecule has 5 rings (SSSR count). The van der Waals surface area contributed by atoms with Crippen LogP contribution in [0.15, 0.2) is 65.5 Å². The lowest BCUT2D eigenvalue weighted by Gasteiger charge is -2.28. The molecule has 0 atom stereocenters. The molecule has 2 heterocycles. The van der Waals surface area contributed by atoms with Crippen molar-refractivity contribution in [2.45, 2.75) is 30.7 Å². The van der Waals surface area contributed by atoms with Crippen molar-refractivity contribution in [1.29, 1.82) is 0 Å². The lowest BCUT2D eigenvalue weighted by molar-refractivity contribution is 0.0694. The monoisotopic (exact) mass is 627 g/mol. The van der Waals surface area contributed by atoms with Crippen LogP contribution in [0.2, 0.25) is 5.15 Å². The molecule has 43 heavy (non-hydrogen) atoms. The van der Waals surface area contributed by atoms with Gasteiger partial charge in [-0.3, -0.25) is 4.79 Å². The Morgan fingerprint density at radius 2 is 1.53 bits per heavy atom. The van der Waals surface area contributed by atoms with Crippen molar-refractivity contribution in [1.82, 2.24) is 13.9 Å². The molecule has 2 aromatic carbocycles. The molecular formula is C30H30ClN3O8S. The molecule has 1 N–H and O–H groups in total. The molecule has 0 saturated heterocycles. The standard InChI is InChI=1S/C30H30ClN3O8S/c1-33-27-24(14-23(28(33)35)29(36)37)32-26(31)15-25(27)42-18-30(12-13-30)43(38,39)34(16-19-4-8-21(40-2)9-5-19)17-20-6-10-22(41-3)11-7-20/h4-11,14-15H,12-13,16-18H2,1-3H3,(H,36,37). The number of hydrogen-bond donors (Lipinski definition) is 1. The van der Waals surface area contributed by atoms with Crippen LogP contribution in [0.1, 0.15) is 34.3 Å². The Balaban J connectivity index is 1.47. The molecule has 4 aromatic rings. The van der Waals surface area contributed by atoms with E-state index in [1.165, 1.54) is 17.4 Å². The minimum absolute atomic E-state index is 0.00540. The van der Waals surface area contributed by atoms with Crippen LogP contribution in [0.25, 0.3) is 11.0 Å². The molecule has 1 aliphatic rings. The van der Waals surface area contributed by atoms with Gasteiger partial charge < -0.3 is 23.9 Å². The van der Waals surface area contributed by atoms with Gasteiger partial charge in [-0.2, -0.15) is 4.31 Å². The lowest BCUT2D eigenvalue weighted by Crippen LogP contribution is -2.42. The van der Waals surface area contributed by atoms with Gasteiger partial charge in [0.25, 0.3) is 5.56 Å². The van der Waals surface area contributed by atoms with Crippen LogP contribution < -0.4 is 19.8 Å². The van der Waals surface area contributed by atoms with E-state index in [0.717, 1.165) is 21.8 Å². The molecule has 0 aliphatic heterocycles. The molecule has 0 unspecified atom stereocenters. The van der Waals surface area contributed by atoms with E-state index in [1.807, 2.05) is 24.3 Å². The molecule has 2 aromatic heterocycles. The predicted octanol–water partition coefficient (Wildman–Crippen LogP) is 4.25. The first-order chi connectivity index (χ1) is 20.5. The number of aryl methyl sites for hydroxylation is 1. The van der Waals surface area contributed by atoms with Crippen molar-refractivity contribution in [3.8, 4) is 17.2 Å². The molecule has 1 aliphatic carbocycles. The zero-order valence-electron chi connectivity index (χ0n) is 23.7. The highest BCUT2D eigenvalue weighted by Gasteiger charge is 2.57. The zero-order valence-corrected chi connectivity index (χ0v) is 25.3. The Hall–Kier alpha value is -4.13. The number of fused-ring (bicyclic) bond motifs is 1. The number of aromatic nitrogens is 2. The molecule has 226 valence electrons. The maximum Gasteiger partial charge on any atom is 0.341 e. The topological polar surface area (TPSA) is 137 Å². The normalized spacial score (nSPS) is 14.1. The molecule has 0 bridgehead atoms. The second-order valence-electron chi connectivity index (χ2n) is 10.3. The highest BCUT2D eigenvalue weighted by Crippen LogP contribution is 2.46. The van der Waals surface area contributed by atoms with E-state index in [1.54, 1.807) is 38.5 Å². The summed E-state index contributed by atoms with van der Waals surface area (Å²) in [6.45, 7) is 0.0363. The average Bonchev–Trinajstić information content (AvgIpc) is 3.79. The van der Waals surface area contributed by atoms with Gasteiger partial charge in [0.15, 0.2) is 0 Å². The first-order valence-corrected chi connectivity index (χ1v) is 15.1. The van der Waals surface area contributed by atoms with Crippen LogP contribution in [-0.2, 0) is 30.2 Å². The first-order valence-electron chi connectivity index (χ1n) is 13.3. The van der Waals surface area contributed by atoms with Crippen molar-refractivity contribution in [3.63, 3.8) is 0 Å². The van der Waals surface area contributed by atoms with Crippen molar-refractivity contribution in [3.05, 3.63) is 92.9 Å². The van der Waals surface area contributed by atoms with E-state index in [4.69, 9.17) is 25.8 Å². The maximum atomic E-state index is 14.3. The third-order valence-electron chi connectivity index (χ3n) is 7.56. The number of nitrogens with zero attached hydrogens (tertiary/aromatic N) is 3. The van der Waals surface area contributed by atoms with Crippen molar-refractivity contribution in [2.24, 2.45) is 7.05 Å². The first kappa shape index (κ1) is 30.3. The van der Waals surface area contributed by atoms with Crippen LogP contribution in [0.5, 0.6) is 17.2 Å². The van der Waals surface area contributed by atoms with Crippen molar-refractivity contribution in [2.75, 3.05) is 20.8 Å². The van der Waals surface area contributed by atoms with Gasteiger partial charge in [-0.1, -0.05) is 35.9 Å². The minimum atomic E-state index is -3.94. The van der Waals surface area contributed by atoms with E-state index in [0.29, 0.717) is 24.3 Å². The molecular weight excluding hydrogens is 598 g/mol. The molecule has 1 saturated carbocycles. The molecule has 11 nitrogen and oxygen atoms in total. The van der Waals surface area contributed by atoms with Crippen LogP contribution in [0.4, 0.5) is 0 Å². The molecule has 0 amide bonds. The smallest absolute Gasteiger partial charge is 0.341 e. The summed E-state index contributed by atoms with van der Waals surface area (Å²) in [5, 5.41) is 9.43. The van der Waals surface area contributed by atoms with Crippen molar-refractivity contribution < 1.29 is 32.5 Å². The van der Waals surface area contributed by atoms with Crippen molar-refractivity contribution >= 4 is 38.6 Å². The SMILES string of the molecule is COc1ccc(CN(Cc2ccc(OC)cc2)S(=O)(=O)C2(COc3cc(Cl)nc4cc(C(=O)O)c(=O)n(C)c34)CC2)cc1. The summed E-state index contributed by atoms with van der Waals surface area (Å²) in [4.78, 5) is 28.4. The number of pyridine rings is 2. The zero-order chi connectivity index (χ0) is 30.9. The highest BCUT2D eigenvalue weighted by atomic mass is 35.5. The second kappa shape index (κ2) is 11.9. The lowest BCUT2D eigenvalue weighted by atomic mass is 10.2. The number of benzene rings is 2. The number of rotatable bonds is 12. The number of carboxylic acid groups (broad SMARTS) is 1. The predicted molar refractivity (Wildman–Crippen MR) is 161 cm³/mol. The fourth-order valence-corrected chi connectivity index (χ4v) is 7.08. The summed E-state index contributed by atoms with van der Waals surface area (Å²) in [5.74, 6) is 0.0513. The summed E-state index contributed by atoms with van der Waals surface area (Å²) in [6, 6.07) is 16.9. The Bertz CT molecular complexity index is 1790. The Morgan fingerprint density at radius 1 is 1.00 bits per heavy atom. The van der Waals surface area contributed by atoms with E-state index in [-0.39, 0.29) is 41.6 Å². The average molecular weight is 628 g/mol. The quantitative estimate of drug-likeness (QED) is 0.229. The molecule has 0 spiro atoms.